The molecule has 1 aromatic heterocycles. The Hall–Kier alpha value is -1.13. The number of hydrogen-bond donors (Lipinski definition) is 2. The van der Waals surface area contributed by atoms with Gasteiger partial charge in [0.2, 0.25) is 0 Å². The Kier molecular flexibility index (Phi) is 3.74. The molecule has 0 aromatic carbocycles. The van der Waals surface area contributed by atoms with Gasteiger partial charge in [-0.1, -0.05) is 6.07 Å². The second kappa shape index (κ2) is 5.27. The fourth-order valence-corrected chi connectivity index (χ4v) is 2.03. The zero-order chi connectivity index (χ0) is 11.4. The van der Waals surface area contributed by atoms with Crippen LogP contribution in [-0.2, 0) is 6.54 Å². The first-order valence-electron chi connectivity index (χ1n) is 5.88. The van der Waals surface area contributed by atoms with Gasteiger partial charge < -0.3 is 15.7 Å². The molecule has 1 heterocycles. The predicted molar refractivity (Wildman–Crippen MR) is 64.2 cm³/mol. The van der Waals surface area contributed by atoms with Crippen molar-refractivity contribution < 1.29 is 5.11 Å². The standard InChI is InChI=1S/C12H19N3O/c13-9-10-3-1-6-12(14-10)15(7-8-16)11-4-2-5-11/h1,3,6,11,16H,2,4-5,7-9,13H2. The van der Waals surface area contributed by atoms with Gasteiger partial charge >= 0.3 is 0 Å². The smallest absolute Gasteiger partial charge is 0.129 e. The van der Waals surface area contributed by atoms with Gasteiger partial charge in [-0.2, -0.15) is 0 Å². The Balaban J connectivity index is 2.16. The number of hydrogen-bond acceptors (Lipinski definition) is 4. The van der Waals surface area contributed by atoms with Gasteiger partial charge in [0, 0.05) is 19.1 Å². The summed E-state index contributed by atoms with van der Waals surface area (Å²) in [5.74, 6) is 0.946. The zero-order valence-electron chi connectivity index (χ0n) is 9.47. The third-order valence-corrected chi connectivity index (χ3v) is 3.15. The van der Waals surface area contributed by atoms with Crippen molar-refractivity contribution >= 4 is 5.82 Å². The van der Waals surface area contributed by atoms with Crippen molar-refractivity contribution in [1.82, 2.24) is 4.98 Å². The molecule has 2 rings (SSSR count). The highest BCUT2D eigenvalue weighted by molar-refractivity contribution is 5.41. The normalized spacial score (nSPS) is 15.9. The minimum Gasteiger partial charge on any atom is -0.395 e. The van der Waals surface area contributed by atoms with Gasteiger partial charge in [0.1, 0.15) is 5.82 Å². The lowest BCUT2D eigenvalue weighted by molar-refractivity contribution is 0.283. The minimum atomic E-state index is 0.172. The van der Waals surface area contributed by atoms with Gasteiger partial charge in [-0.05, 0) is 31.4 Å². The summed E-state index contributed by atoms with van der Waals surface area (Å²) in [4.78, 5) is 6.70. The molecule has 0 amide bonds. The van der Waals surface area contributed by atoms with E-state index in [4.69, 9.17) is 10.8 Å². The van der Waals surface area contributed by atoms with E-state index < -0.39 is 0 Å². The van der Waals surface area contributed by atoms with Crippen LogP contribution in [0.2, 0.25) is 0 Å². The summed E-state index contributed by atoms with van der Waals surface area (Å²) in [6, 6.07) is 6.45. The van der Waals surface area contributed by atoms with Crippen molar-refractivity contribution in [3.8, 4) is 0 Å². The molecule has 3 N–H and O–H groups in total. The second-order valence-corrected chi connectivity index (χ2v) is 4.19. The van der Waals surface area contributed by atoms with E-state index in [1.165, 1.54) is 19.3 Å². The van der Waals surface area contributed by atoms with Gasteiger partial charge in [-0.3, -0.25) is 0 Å². The largest absolute Gasteiger partial charge is 0.395 e. The molecule has 1 saturated carbocycles. The SMILES string of the molecule is NCc1cccc(N(CCO)C2CCC2)n1. The van der Waals surface area contributed by atoms with Crippen molar-refractivity contribution in [2.24, 2.45) is 5.73 Å². The maximum absolute atomic E-state index is 9.10. The van der Waals surface area contributed by atoms with E-state index in [1.54, 1.807) is 0 Å². The summed E-state index contributed by atoms with van der Waals surface area (Å²) in [6.45, 7) is 1.29. The van der Waals surface area contributed by atoms with Crippen LogP contribution in [0.5, 0.6) is 0 Å². The number of aromatic nitrogens is 1. The molecular weight excluding hydrogens is 202 g/mol. The molecule has 0 aliphatic heterocycles. The second-order valence-electron chi connectivity index (χ2n) is 4.19. The molecule has 0 unspecified atom stereocenters. The summed E-state index contributed by atoms with van der Waals surface area (Å²) in [5, 5.41) is 9.10. The number of aliphatic hydroxyl groups is 1. The fourth-order valence-electron chi connectivity index (χ4n) is 2.03. The van der Waals surface area contributed by atoms with Gasteiger partial charge in [0.25, 0.3) is 0 Å². The maximum Gasteiger partial charge on any atom is 0.129 e. The van der Waals surface area contributed by atoms with E-state index in [0.29, 0.717) is 19.1 Å². The molecule has 0 saturated heterocycles. The molecule has 0 radical (unpaired) electrons. The predicted octanol–water partition coefficient (Wildman–Crippen LogP) is 0.891. The number of nitrogens with two attached hydrogens (primary N) is 1. The molecule has 16 heavy (non-hydrogen) atoms. The van der Waals surface area contributed by atoms with Crippen LogP contribution in [0.4, 0.5) is 5.82 Å². The molecule has 1 aliphatic carbocycles. The van der Waals surface area contributed by atoms with Crippen LogP contribution >= 0.6 is 0 Å². The Morgan fingerprint density at radius 2 is 2.25 bits per heavy atom. The summed E-state index contributed by atoms with van der Waals surface area (Å²) < 4.78 is 0. The fraction of sp³-hybridized carbons (Fsp3) is 0.583. The summed E-state index contributed by atoms with van der Waals surface area (Å²) in [7, 11) is 0. The highest BCUT2D eigenvalue weighted by atomic mass is 16.3. The maximum atomic E-state index is 9.10. The van der Waals surface area contributed by atoms with Crippen molar-refractivity contribution in [3.63, 3.8) is 0 Å². The van der Waals surface area contributed by atoms with Gasteiger partial charge in [-0.15, -0.1) is 0 Å². The molecule has 1 aromatic rings. The topological polar surface area (TPSA) is 62.4 Å². The Morgan fingerprint density at radius 3 is 2.81 bits per heavy atom. The van der Waals surface area contributed by atoms with Crippen molar-refractivity contribution in [1.29, 1.82) is 0 Å². The molecule has 0 bridgehead atoms. The molecular formula is C12H19N3O. The van der Waals surface area contributed by atoms with Crippen LogP contribution in [-0.4, -0.2) is 29.3 Å². The molecule has 0 spiro atoms. The van der Waals surface area contributed by atoms with Crippen molar-refractivity contribution in [2.75, 3.05) is 18.1 Å². The van der Waals surface area contributed by atoms with E-state index in [1.807, 2.05) is 18.2 Å². The van der Waals surface area contributed by atoms with Crippen LogP contribution in [0.1, 0.15) is 25.0 Å². The van der Waals surface area contributed by atoms with Crippen molar-refractivity contribution in [3.05, 3.63) is 23.9 Å². The zero-order valence-corrected chi connectivity index (χ0v) is 9.47. The lowest BCUT2D eigenvalue weighted by atomic mass is 9.91. The third kappa shape index (κ3) is 2.33. The average Bonchev–Trinajstić information content (AvgIpc) is 2.26. The summed E-state index contributed by atoms with van der Waals surface area (Å²) in [5.41, 5.74) is 6.49. The lowest BCUT2D eigenvalue weighted by Gasteiger charge is -2.38. The quantitative estimate of drug-likeness (QED) is 0.775. The number of rotatable bonds is 5. The molecule has 1 fully saturated rings. The monoisotopic (exact) mass is 221 g/mol. The molecule has 88 valence electrons. The Morgan fingerprint density at radius 1 is 1.44 bits per heavy atom. The van der Waals surface area contributed by atoms with E-state index in [9.17, 15) is 0 Å². The number of nitrogens with zero attached hydrogens (tertiary/aromatic N) is 2. The third-order valence-electron chi connectivity index (χ3n) is 3.15. The van der Waals surface area contributed by atoms with Crippen LogP contribution in [0.3, 0.4) is 0 Å². The average molecular weight is 221 g/mol. The molecule has 1 aliphatic rings. The molecule has 4 nitrogen and oxygen atoms in total. The summed E-state index contributed by atoms with van der Waals surface area (Å²) >= 11 is 0. The minimum absolute atomic E-state index is 0.172. The first-order chi connectivity index (χ1) is 7.85. The first-order valence-corrected chi connectivity index (χ1v) is 5.88. The molecule has 4 heteroatoms. The van der Waals surface area contributed by atoms with Crippen LogP contribution in [0, 0.1) is 0 Å². The van der Waals surface area contributed by atoms with E-state index in [0.717, 1.165) is 11.5 Å². The molecule has 0 atom stereocenters. The Labute approximate surface area is 96.1 Å². The van der Waals surface area contributed by atoms with Gasteiger partial charge in [0.15, 0.2) is 0 Å². The number of anilines is 1. The first kappa shape index (κ1) is 11.4. The highest BCUT2D eigenvalue weighted by Crippen LogP contribution is 2.28. The van der Waals surface area contributed by atoms with Crippen molar-refractivity contribution in [2.45, 2.75) is 31.8 Å². The van der Waals surface area contributed by atoms with E-state index in [2.05, 4.69) is 9.88 Å². The van der Waals surface area contributed by atoms with E-state index in [-0.39, 0.29) is 6.61 Å². The number of pyridine rings is 1. The Bertz CT molecular complexity index is 339. The summed E-state index contributed by atoms with van der Waals surface area (Å²) in [6.07, 6.45) is 3.69. The van der Waals surface area contributed by atoms with Gasteiger partial charge in [0.05, 0.1) is 12.3 Å². The van der Waals surface area contributed by atoms with Crippen LogP contribution < -0.4 is 10.6 Å². The van der Waals surface area contributed by atoms with Gasteiger partial charge in [-0.25, -0.2) is 4.98 Å². The lowest BCUT2D eigenvalue weighted by Crippen LogP contribution is -2.42. The van der Waals surface area contributed by atoms with Crippen LogP contribution in [0.15, 0.2) is 18.2 Å². The highest BCUT2D eigenvalue weighted by Gasteiger charge is 2.25. The van der Waals surface area contributed by atoms with E-state index >= 15 is 0 Å². The number of aliphatic hydroxyl groups excluding tert-OH is 1. The van der Waals surface area contributed by atoms with Crippen LogP contribution in [0.25, 0.3) is 0 Å².